The molecule has 1 nitrogen and oxygen atoms in total. The number of hydrogen-bond donors (Lipinski definition) is 0. The zero-order valence-electron chi connectivity index (χ0n) is 4.69. The lowest BCUT2D eigenvalue weighted by Crippen LogP contribution is -1.76. The molecule has 0 aromatic carbocycles. The van der Waals surface area contributed by atoms with Crippen LogP contribution in [0.3, 0.4) is 0 Å². The average Bonchev–Trinajstić information content (AvgIpc) is 1.83. The molecule has 0 aliphatic carbocycles. The van der Waals surface area contributed by atoms with E-state index in [1.807, 2.05) is 0 Å². The first-order valence-electron chi connectivity index (χ1n) is 2.38. The molecule has 0 bridgehead atoms. The van der Waals surface area contributed by atoms with Gasteiger partial charge in [-0.2, -0.15) is 0 Å². The second-order valence-corrected chi connectivity index (χ2v) is 1.60. The summed E-state index contributed by atoms with van der Waals surface area (Å²) in [5.74, 6) is 0.589. The highest BCUT2D eigenvalue weighted by Gasteiger charge is 1.88. The van der Waals surface area contributed by atoms with E-state index in [1.54, 1.807) is 6.08 Å². The molecule has 0 unspecified atom stereocenters. The Morgan fingerprint density at radius 1 is 1.75 bits per heavy atom. The van der Waals surface area contributed by atoms with Crippen LogP contribution < -0.4 is 0 Å². The standard InChI is InChI=1S/C6H9ClO/c1-3-4-5-6(2)8-7/h3H,1-2,4-5H2. The van der Waals surface area contributed by atoms with Crippen LogP contribution in [0.2, 0.25) is 0 Å². The zero-order chi connectivity index (χ0) is 6.41. The molecule has 0 saturated carbocycles. The van der Waals surface area contributed by atoms with Crippen molar-refractivity contribution >= 4 is 11.9 Å². The van der Waals surface area contributed by atoms with E-state index in [-0.39, 0.29) is 0 Å². The Hall–Kier alpha value is -0.430. The van der Waals surface area contributed by atoms with Crippen molar-refractivity contribution in [1.29, 1.82) is 0 Å². The topological polar surface area (TPSA) is 9.23 Å². The summed E-state index contributed by atoms with van der Waals surface area (Å²) >= 11 is 4.95. The zero-order valence-corrected chi connectivity index (χ0v) is 5.45. The normalized spacial score (nSPS) is 8.12. The molecular weight excluding hydrogens is 124 g/mol. The maximum Gasteiger partial charge on any atom is 0.134 e. The molecule has 0 aliphatic rings. The maximum absolute atomic E-state index is 4.95. The molecule has 0 rings (SSSR count). The van der Waals surface area contributed by atoms with Gasteiger partial charge in [0.05, 0.1) is 0 Å². The van der Waals surface area contributed by atoms with Crippen LogP contribution in [0, 0.1) is 0 Å². The Bertz CT molecular complexity index is 88.5. The lowest BCUT2D eigenvalue weighted by Gasteiger charge is -1.94. The fraction of sp³-hybridized carbons (Fsp3) is 0.333. The second kappa shape index (κ2) is 4.72. The Morgan fingerprint density at radius 3 is 2.75 bits per heavy atom. The number of hydrogen-bond acceptors (Lipinski definition) is 1. The van der Waals surface area contributed by atoms with Gasteiger partial charge in [0.15, 0.2) is 0 Å². The van der Waals surface area contributed by atoms with Crippen LogP contribution in [-0.4, -0.2) is 0 Å². The smallest absolute Gasteiger partial charge is 0.134 e. The largest absolute Gasteiger partial charge is 0.391 e. The summed E-state index contributed by atoms with van der Waals surface area (Å²) in [7, 11) is 0. The van der Waals surface area contributed by atoms with Gasteiger partial charge in [-0.3, -0.25) is 0 Å². The van der Waals surface area contributed by atoms with Gasteiger partial charge < -0.3 is 4.29 Å². The highest BCUT2D eigenvalue weighted by molar-refractivity contribution is 6.08. The van der Waals surface area contributed by atoms with Gasteiger partial charge >= 0.3 is 0 Å². The summed E-state index contributed by atoms with van der Waals surface area (Å²) in [5.41, 5.74) is 0. The van der Waals surface area contributed by atoms with Crippen molar-refractivity contribution in [2.75, 3.05) is 0 Å². The average molecular weight is 133 g/mol. The van der Waals surface area contributed by atoms with Gasteiger partial charge in [0.2, 0.25) is 0 Å². The number of halogens is 1. The van der Waals surface area contributed by atoms with Crippen molar-refractivity contribution in [3.05, 3.63) is 25.0 Å². The molecule has 46 valence electrons. The SMILES string of the molecule is C=CCCC(=C)OCl. The van der Waals surface area contributed by atoms with Crippen molar-refractivity contribution in [3.8, 4) is 0 Å². The number of allylic oxidation sites excluding steroid dienone is 2. The minimum absolute atomic E-state index is 0.589. The first-order valence-corrected chi connectivity index (χ1v) is 2.69. The molecule has 8 heavy (non-hydrogen) atoms. The van der Waals surface area contributed by atoms with Crippen LogP contribution in [-0.2, 0) is 4.29 Å². The summed E-state index contributed by atoms with van der Waals surface area (Å²) in [4.78, 5) is 0. The highest BCUT2D eigenvalue weighted by Crippen LogP contribution is 2.05. The first kappa shape index (κ1) is 7.57. The number of rotatable bonds is 4. The fourth-order valence-electron chi connectivity index (χ4n) is 0.302. The summed E-state index contributed by atoms with van der Waals surface area (Å²) in [6.45, 7) is 7.04. The van der Waals surface area contributed by atoms with Gasteiger partial charge in [0.1, 0.15) is 17.6 Å². The Morgan fingerprint density at radius 2 is 2.38 bits per heavy atom. The Kier molecular flexibility index (Phi) is 4.47. The third kappa shape index (κ3) is 3.75. The molecule has 0 heterocycles. The van der Waals surface area contributed by atoms with Crippen molar-refractivity contribution in [3.63, 3.8) is 0 Å². The van der Waals surface area contributed by atoms with E-state index in [0.717, 1.165) is 12.8 Å². The van der Waals surface area contributed by atoms with Crippen LogP contribution in [0.25, 0.3) is 0 Å². The van der Waals surface area contributed by atoms with Gasteiger partial charge in [-0.15, -0.1) is 6.58 Å². The molecule has 0 N–H and O–H groups in total. The molecule has 0 aliphatic heterocycles. The minimum Gasteiger partial charge on any atom is -0.391 e. The third-order valence-electron chi connectivity index (χ3n) is 0.736. The van der Waals surface area contributed by atoms with E-state index < -0.39 is 0 Å². The van der Waals surface area contributed by atoms with Crippen LogP contribution in [0.5, 0.6) is 0 Å². The molecule has 0 amide bonds. The summed E-state index contributed by atoms with van der Waals surface area (Å²) in [6, 6.07) is 0. The second-order valence-electron chi connectivity index (χ2n) is 1.44. The van der Waals surface area contributed by atoms with Crippen molar-refractivity contribution in [2.45, 2.75) is 12.8 Å². The van der Waals surface area contributed by atoms with Crippen LogP contribution >= 0.6 is 11.9 Å². The molecule has 0 aromatic heterocycles. The van der Waals surface area contributed by atoms with Gasteiger partial charge in [-0.1, -0.05) is 12.7 Å². The van der Waals surface area contributed by atoms with E-state index >= 15 is 0 Å². The van der Waals surface area contributed by atoms with E-state index in [0.29, 0.717) is 5.76 Å². The monoisotopic (exact) mass is 132 g/mol. The van der Waals surface area contributed by atoms with E-state index in [2.05, 4.69) is 17.4 Å². The van der Waals surface area contributed by atoms with Crippen molar-refractivity contribution in [1.82, 2.24) is 0 Å². The lowest BCUT2D eigenvalue weighted by molar-refractivity contribution is 0.450. The molecule has 0 atom stereocenters. The molecule has 0 aromatic rings. The summed E-state index contributed by atoms with van der Waals surface area (Å²) in [5, 5.41) is 0. The quantitative estimate of drug-likeness (QED) is 0.422. The van der Waals surface area contributed by atoms with Gasteiger partial charge in [0, 0.05) is 6.42 Å². The molecular formula is C6H9ClO. The third-order valence-corrected chi connectivity index (χ3v) is 0.955. The van der Waals surface area contributed by atoms with Crippen LogP contribution in [0.15, 0.2) is 25.0 Å². The Balaban J connectivity index is 3.11. The van der Waals surface area contributed by atoms with Gasteiger partial charge in [-0.25, -0.2) is 0 Å². The van der Waals surface area contributed by atoms with Gasteiger partial charge in [-0.05, 0) is 6.42 Å². The lowest BCUT2D eigenvalue weighted by atomic mass is 10.3. The van der Waals surface area contributed by atoms with Crippen molar-refractivity contribution < 1.29 is 4.29 Å². The minimum atomic E-state index is 0.589. The molecule has 0 spiro atoms. The molecule has 2 heteroatoms. The highest BCUT2D eigenvalue weighted by atomic mass is 35.5. The maximum atomic E-state index is 4.95. The van der Waals surface area contributed by atoms with Gasteiger partial charge in [0.25, 0.3) is 0 Å². The van der Waals surface area contributed by atoms with E-state index in [9.17, 15) is 0 Å². The summed E-state index contributed by atoms with van der Waals surface area (Å²) < 4.78 is 4.28. The van der Waals surface area contributed by atoms with E-state index in [4.69, 9.17) is 11.9 Å². The van der Waals surface area contributed by atoms with E-state index in [1.165, 1.54) is 0 Å². The Labute approximate surface area is 54.8 Å². The summed E-state index contributed by atoms with van der Waals surface area (Å²) in [6.07, 6.45) is 3.42. The van der Waals surface area contributed by atoms with Crippen molar-refractivity contribution in [2.24, 2.45) is 0 Å². The predicted octanol–water partition coefficient (Wildman–Crippen LogP) is 2.64. The first-order chi connectivity index (χ1) is 3.81. The molecule has 0 fully saturated rings. The molecule has 0 radical (unpaired) electrons. The predicted molar refractivity (Wildman–Crippen MR) is 35.5 cm³/mol. The van der Waals surface area contributed by atoms with Crippen LogP contribution in [0.1, 0.15) is 12.8 Å². The fourth-order valence-corrected chi connectivity index (χ4v) is 0.379. The van der Waals surface area contributed by atoms with Crippen LogP contribution in [0.4, 0.5) is 0 Å². The molecule has 0 saturated heterocycles.